The minimum Gasteiger partial charge on any atom is -0.463 e. The first-order valence-corrected chi connectivity index (χ1v) is 8.10. The Labute approximate surface area is 145 Å². The number of amides is 1. The number of aromatic nitrogens is 2. The molecular formula is C19H19N3O3. The van der Waals surface area contributed by atoms with Gasteiger partial charge >= 0.3 is 0 Å². The maximum atomic E-state index is 12.0. The number of carbonyl (C=O) groups excluding carboxylic acids is 1. The van der Waals surface area contributed by atoms with Gasteiger partial charge < -0.3 is 9.73 Å². The quantitative estimate of drug-likeness (QED) is 0.749. The first-order chi connectivity index (χ1) is 12.1. The van der Waals surface area contributed by atoms with Crippen LogP contribution < -0.4 is 10.9 Å². The van der Waals surface area contributed by atoms with Gasteiger partial charge in [0.05, 0.1) is 6.26 Å². The summed E-state index contributed by atoms with van der Waals surface area (Å²) in [5.74, 6) is 0.520. The second-order valence-corrected chi connectivity index (χ2v) is 5.78. The largest absolute Gasteiger partial charge is 0.463 e. The average molecular weight is 337 g/mol. The highest BCUT2D eigenvalue weighted by Gasteiger charge is 2.07. The predicted octanol–water partition coefficient (Wildman–Crippen LogP) is 3.23. The molecule has 1 N–H and O–H groups in total. The van der Waals surface area contributed by atoms with Gasteiger partial charge in [0, 0.05) is 24.7 Å². The third kappa shape index (κ3) is 4.44. The highest BCUT2D eigenvalue weighted by atomic mass is 16.3. The summed E-state index contributed by atoms with van der Waals surface area (Å²) in [7, 11) is 0. The van der Waals surface area contributed by atoms with E-state index in [2.05, 4.69) is 10.4 Å². The van der Waals surface area contributed by atoms with Gasteiger partial charge in [0.2, 0.25) is 5.91 Å². The molecule has 0 fully saturated rings. The summed E-state index contributed by atoms with van der Waals surface area (Å²) in [6, 6.07) is 14.3. The van der Waals surface area contributed by atoms with E-state index in [-0.39, 0.29) is 11.5 Å². The van der Waals surface area contributed by atoms with Crippen molar-refractivity contribution < 1.29 is 9.21 Å². The topological polar surface area (TPSA) is 77.1 Å². The van der Waals surface area contributed by atoms with E-state index < -0.39 is 0 Å². The van der Waals surface area contributed by atoms with Gasteiger partial charge in [-0.15, -0.1) is 0 Å². The molecule has 3 rings (SSSR count). The lowest BCUT2D eigenvalue weighted by molar-refractivity contribution is -0.116. The predicted molar refractivity (Wildman–Crippen MR) is 95.2 cm³/mol. The second-order valence-electron chi connectivity index (χ2n) is 5.78. The Hall–Kier alpha value is -3.15. The number of furan rings is 1. The number of aryl methyl sites for hydroxylation is 2. The van der Waals surface area contributed by atoms with Crippen LogP contribution in [0.5, 0.6) is 0 Å². The standard InChI is InChI=1S/C19H19N3O3/c1-14-5-2-6-15(13-14)20-18(23)8-3-11-22-19(24)10-9-16(21-22)17-7-4-12-25-17/h2,4-7,9-10,12-13H,3,8,11H2,1H3,(H,20,23). The van der Waals surface area contributed by atoms with Crippen molar-refractivity contribution in [3.63, 3.8) is 0 Å². The van der Waals surface area contributed by atoms with Crippen LogP contribution in [0.15, 0.2) is 64.0 Å². The highest BCUT2D eigenvalue weighted by Crippen LogP contribution is 2.15. The van der Waals surface area contributed by atoms with Gasteiger partial charge in [-0.05, 0) is 49.2 Å². The lowest BCUT2D eigenvalue weighted by Gasteiger charge is -2.07. The minimum absolute atomic E-state index is 0.0826. The van der Waals surface area contributed by atoms with Gasteiger partial charge in [-0.1, -0.05) is 12.1 Å². The van der Waals surface area contributed by atoms with Crippen molar-refractivity contribution >= 4 is 11.6 Å². The number of hydrogen-bond acceptors (Lipinski definition) is 4. The molecule has 0 radical (unpaired) electrons. The van der Waals surface area contributed by atoms with Crippen molar-refractivity contribution in [2.75, 3.05) is 5.32 Å². The van der Waals surface area contributed by atoms with E-state index in [1.165, 1.54) is 10.7 Å². The molecule has 2 aromatic heterocycles. The fourth-order valence-electron chi connectivity index (χ4n) is 2.50. The van der Waals surface area contributed by atoms with Gasteiger partial charge in [-0.2, -0.15) is 5.10 Å². The monoisotopic (exact) mass is 337 g/mol. The van der Waals surface area contributed by atoms with Gasteiger partial charge in [0.15, 0.2) is 5.76 Å². The molecule has 1 aromatic carbocycles. The molecule has 0 saturated carbocycles. The lowest BCUT2D eigenvalue weighted by atomic mass is 10.2. The minimum atomic E-state index is -0.200. The molecule has 0 atom stereocenters. The summed E-state index contributed by atoms with van der Waals surface area (Å²) in [6.07, 6.45) is 2.39. The van der Waals surface area contributed by atoms with Gasteiger partial charge in [-0.25, -0.2) is 4.68 Å². The van der Waals surface area contributed by atoms with Crippen LogP contribution in [0.4, 0.5) is 5.69 Å². The van der Waals surface area contributed by atoms with Crippen LogP contribution in [0.2, 0.25) is 0 Å². The SMILES string of the molecule is Cc1cccc(NC(=O)CCCn2nc(-c3ccco3)ccc2=O)c1. The van der Waals surface area contributed by atoms with Crippen LogP contribution in [-0.2, 0) is 11.3 Å². The van der Waals surface area contributed by atoms with Crippen LogP contribution in [0.3, 0.4) is 0 Å². The average Bonchev–Trinajstić information content (AvgIpc) is 3.11. The molecule has 0 aliphatic heterocycles. The molecule has 0 saturated heterocycles. The first kappa shape index (κ1) is 16.7. The molecule has 0 aliphatic carbocycles. The Morgan fingerprint density at radius 3 is 2.84 bits per heavy atom. The molecular weight excluding hydrogens is 318 g/mol. The zero-order valence-electron chi connectivity index (χ0n) is 13.9. The van der Waals surface area contributed by atoms with E-state index in [1.54, 1.807) is 24.5 Å². The number of nitrogens with zero attached hydrogens (tertiary/aromatic N) is 2. The van der Waals surface area contributed by atoms with Crippen molar-refractivity contribution in [3.05, 3.63) is 70.7 Å². The smallest absolute Gasteiger partial charge is 0.266 e. The number of anilines is 1. The van der Waals surface area contributed by atoms with Gasteiger partial charge in [0.1, 0.15) is 5.69 Å². The van der Waals surface area contributed by atoms with E-state index in [1.807, 2.05) is 31.2 Å². The Morgan fingerprint density at radius 1 is 1.20 bits per heavy atom. The maximum Gasteiger partial charge on any atom is 0.266 e. The summed E-state index contributed by atoms with van der Waals surface area (Å²) >= 11 is 0. The van der Waals surface area contributed by atoms with E-state index >= 15 is 0 Å². The Morgan fingerprint density at radius 2 is 2.08 bits per heavy atom. The van der Waals surface area contributed by atoms with Crippen molar-refractivity contribution in [1.29, 1.82) is 0 Å². The molecule has 0 aliphatic rings. The molecule has 3 aromatic rings. The Balaban J connectivity index is 1.57. The molecule has 0 bridgehead atoms. The fourth-order valence-corrected chi connectivity index (χ4v) is 2.50. The molecule has 128 valence electrons. The fraction of sp³-hybridized carbons (Fsp3) is 0.211. The van der Waals surface area contributed by atoms with Gasteiger partial charge in [0.25, 0.3) is 5.56 Å². The molecule has 1 amide bonds. The van der Waals surface area contributed by atoms with Crippen LogP contribution in [0, 0.1) is 6.92 Å². The van der Waals surface area contributed by atoms with E-state index in [0.717, 1.165) is 11.3 Å². The second kappa shape index (κ2) is 7.61. The van der Waals surface area contributed by atoms with Crippen LogP contribution in [0.1, 0.15) is 18.4 Å². The Bertz CT molecular complexity index is 914. The molecule has 6 nitrogen and oxygen atoms in total. The summed E-state index contributed by atoms with van der Waals surface area (Å²) in [5.41, 5.74) is 2.26. The maximum absolute atomic E-state index is 12.0. The number of hydrogen-bond donors (Lipinski definition) is 1. The third-order valence-corrected chi connectivity index (χ3v) is 3.72. The summed E-state index contributed by atoms with van der Waals surface area (Å²) < 4.78 is 6.65. The van der Waals surface area contributed by atoms with Crippen molar-refractivity contribution in [1.82, 2.24) is 9.78 Å². The van der Waals surface area contributed by atoms with Crippen molar-refractivity contribution in [3.8, 4) is 11.5 Å². The lowest BCUT2D eigenvalue weighted by Crippen LogP contribution is -2.23. The van der Waals surface area contributed by atoms with E-state index in [0.29, 0.717) is 30.8 Å². The van der Waals surface area contributed by atoms with Crippen molar-refractivity contribution in [2.45, 2.75) is 26.3 Å². The highest BCUT2D eigenvalue weighted by molar-refractivity contribution is 5.90. The summed E-state index contributed by atoms with van der Waals surface area (Å²) in [5, 5.41) is 7.14. The number of rotatable bonds is 6. The summed E-state index contributed by atoms with van der Waals surface area (Å²) in [6.45, 7) is 2.34. The van der Waals surface area contributed by atoms with Gasteiger partial charge in [-0.3, -0.25) is 9.59 Å². The summed E-state index contributed by atoms with van der Waals surface area (Å²) in [4.78, 5) is 23.9. The van der Waals surface area contributed by atoms with Crippen LogP contribution in [0.25, 0.3) is 11.5 Å². The molecule has 25 heavy (non-hydrogen) atoms. The van der Waals surface area contributed by atoms with Crippen LogP contribution >= 0.6 is 0 Å². The Kier molecular flexibility index (Phi) is 5.09. The zero-order chi connectivity index (χ0) is 17.6. The molecule has 6 heteroatoms. The number of benzene rings is 1. The zero-order valence-corrected chi connectivity index (χ0v) is 13.9. The normalized spacial score (nSPS) is 10.6. The third-order valence-electron chi connectivity index (χ3n) is 3.72. The molecule has 0 unspecified atom stereocenters. The molecule has 2 heterocycles. The first-order valence-electron chi connectivity index (χ1n) is 8.10. The van der Waals surface area contributed by atoms with Crippen molar-refractivity contribution in [2.24, 2.45) is 0 Å². The van der Waals surface area contributed by atoms with E-state index in [4.69, 9.17) is 4.42 Å². The number of carbonyl (C=O) groups is 1. The van der Waals surface area contributed by atoms with E-state index in [9.17, 15) is 9.59 Å². The molecule has 0 spiro atoms. The van der Waals surface area contributed by atoms with Crippen LogP contribution in [-0.4, -0.2) is 15.7 Å². The number of nitrogens with one attached hydrogen (secondary N) is 1.